The van der Waals surface area contributed by atoms with Gasteiger partial charge in [0.15, 0.2) is 0 Å². The van der Waals surface area contributed by atoms with Gasteiger partial charge in [0.2, 0.25) is 0 Å². The quantitative estimate of drug-likeness (QED) is 0.645. The Morgan fingerprint density at radius 1 is 1.29 bits per heavy atom. The van der Waals surface area contributed by atoms with Crippen LogP contribution in [0.25, 0.3) is 0 Å². The minimum Gasteiger partial charge on any atom is -0.336 e. The number of rotatable bonds is 6. The Morgan fingerprint density at radius 2 is 2.00 bits per heavy atom. The Kier molecular flexibility index (Phi) is 7.56. The first-order valence-corrected chi connectivity index (χ1v) is 7.70. The zero-order valence-corrected chi connectivity index (χ0v) is 13.4. The summed E-state index contributed by atoms with van der Waals surface area (Å²) in [5.41, 5.74) is 6.85. The summed E-state index contributed by atoms with van der Waals surface area (Å²) >= 11 is 0. The maximum Gasteiger partial charge on any atom is 0.255 e. The molecule has 0 aromatic heterocycles. The van der Waals surface area contributed by atoms with Gasteiger partial charge in [0.1, 0.15) is 0 Å². The van der Waals surface area contributed by atoms with Gasteiger partial charge in [0, 0.05) is 18.2 Å². The molecule has 0 fully saturated rings. The van der Waals surface area contributed by atoms with Crippen LogP contribution < -0.4 is 5.73 Å². The SMILES string of the molecule is CCCCCN(C(=O)c1ccccc1C#CCN)C(C)C. The topological polar surface area (TPSA) is 46.3 Å². The van der Waals surface area contributed by atoms with Gasteiger partial charge in [0.05, 0.1) is 12.1 Å². The fourth-order valence-corrected chi connectivity index (χ4v) is 2.21. The van der Waals surface area contributed by atoms with Gasteiger partial charge in [-0.2, -0.15) is 0 Å². The van der Waals surface area contributed by atoms with E-state index in [0.717, 1.165) is 31.4 Å². The third-order valence-electron chi connectivity index (χ3n) is 3.37. The summed E-state index contributed by atoms with van der Waals surface area (Å²) in [5.74, 6) is 5.88. The second kappa shape index (κ2) is 9.20. The second-order valence-corrected chi connectivity index (χ2v) is 5.35. The minimum atomic E-state index is 0.0584. The van der Waals surface area contributed by atoms with E-state index < -0.39 is 0 Å². The zero-order valence-electron chi connectivity index (χ0n) is 13.4. The number of unbranched alkanes of at least 4 members (excludes halogenated alkanes) is 2. The normalized spacial score (nSPS) is 10.1. The highest BCUT2D eigenvalue weighted by molar-refractivity contribution is 5.96. The van der Waals surface area contributed by atoms with Gasteiger partial charge in [-0.3, -0.25) is 4.79 Å². The predicted molar refractivity (Wildman–Crippen MR) is 88.1 cm³/mol. The highest BCUT2D eigenvalue weighted by atomic mass is 16.2. The van der Waals surface area contributed by atoms with Crippen LogP contribution in [-0.2, 0) is 0 Å². The van der Waals surface area contributed by atoms with E-state index in [-0.39, 0.29) is 11.9 Å². The number of hydrogen-bond acceptors (Lipinski definition) is 2. The summed E-state index contributed by atoms with van der Waals surface area (Å²) in [6.07, 6.45) is 3.33. The van der Waals surface area contributed by atoms with Gasteiger partial charge in [-0.1, -0.05) is 43.7 Å². The van der Waals surface area contributed by atoms with E-state index in [1.54, 1.807) is 0 Å². The van der Waals surface area contributed by atoms with Gasteiger partial charge >= 0.3 is 0 Å². The molecule has 1 aromatic carbocycles. The average Bonchev–Trinajstić information content (AvgIpc) is 2.49. The molecule has 0 spiro atoms. The summed E-state index contributed by atoms with van der Waals surface area (Å²) in [4.78, 5) is 14.7. The first kappa shape index (κ1) is 17.3. The van der Waals surface area contributed by atoms with E-state index in [4.69, 9.17) is 5.73 Å². The van der Waals surface area contributed by atoms with Crippen molar-refractivity contribution in [2.75, 3.05) is 13.1 Å². The van der Waals surface area contributed by atoms with Crippen molar-refractivity contribution in [2.24, 2.45) is 5.73 Å². The van der Waals surface area contributed by atoms with Crippen molar-refractivity contribution in [1.29, 1.82) is 0 Å². The molecular weight excluding hydrogens is 260 g/mol. The van der Waals surface area contributed by atoms with Crippen molar-refractivity contribution < 1.29 is 4.79 Å². The molecule has 2 N–H and O–H groups in total. The van der Waals surface area contributed by atoms with Gasteiger partial charge in [0.25, 0.3) is 5.91 Å². The fraction of sp³-hybridized carbons (Fsp3) is 0.500. The first-order chi connectivity index (χ1) is 10.1. The molecular formula is C18H26N2O. The number of nitrogens with two attached hydrogens (primary N) is 1. The number of hydrogen-bond donors (Lipinski definition) is 1. The van der Waals surface area contributed by atoms with Crippen LogP contribution in [0, 0.1) is 11.8 Å². The summed E-state index contributed by atoms with van der Waals surface area (Å²) in [6, 6.07) is 7.68. The zero-order chi connectivity index (χ0) is 15.7. The molecule has 0 bridgehead atoms. The third kappa shape index (κ3) is 5.24. The fourth-order valence-electron chi connectivity index (χ4n) is 2.21. The van der Waals surface area contributed by atoms with Crippen LogP contribution in [-0.4, -0.2) is 29.9 Å². The molecule has 0 saturated heterocycles. The standard InChI is InChI=1S/C18H26N2O/c1-4-5-8-14-20(15(2)3)18(21)17-12-7-6-10-16(17)11-9-13-19/h6-7,10,12,15H,4-5,8,13-14,19H2,1-3H3. The lowest BCUT2D eigenvalue weighted by Crippen LogP contribution is -2.38. The highest BCUT2D eigenvalue weighted by Crippen LogP contribution is 2.14. The Hall–Kier alpha value is -1.79. The molecule has 0 radical (unpaired) electrons. The van der Waals surface area contributed by atoms with Gasteiger partial charge in [-0.25, -0.2) is 0 Å². The van der Waals surface area contributed by atoms with Crippen LogP contribution in [0.4, 0.5) is 0 Å². The lowest BCUT2D eigenvalue weighted by molar-refractivity contribution is 0.0702. The summed E-state index contributed by atoms with van der Waals surface area (Å²) in [5, 5.41) is 0. The summed E-state index contributed by atoms with van der Waals surface area (Å²) < 4.78 is 0. The van der Waals surface area contributed by atoms with Crippen LogP contribution >= 0.6 is 0 Å². The van der Waals surface area contributed by atoms with Crippen LogP contribution in [0.5, 0.6) is 0 Å². The molecule has 0 atom stereocenters. The molecule has 114 valence electrons. The van der Waals surface area contributed by atoms with Crippen LogP contribution in [0.15, 0.2) is 24.3 Å². The van der Waals surface area contributed by atoms with Gasteiger partial charge < -0.3 is 10.6 Å². The Balaban J connectivity index is 2.98. The second-order valence-electron chi connectivity index (χ2n) is 5.35. The molecule has 0 heterocycles. The molecule has 21 heavy (non-hydrogen) atoms. The van der Waals surface area contributed by atoms with E-state index in [9.17, 15) is 4.79 Å². The van der Waals surface area contributed by atoms with E-state index >= 15 is 0 Å². The van der Waals surface area contributed by atoms with Crippen LogP contribution in [0.2, 0.25) is 0 Å². The van der Waals surface area contributed by atoms with Gasteiger partial charge in [-0.05, 0) is 32.4 Å². The van der Waals surface area contributed by atoms with Gasteiger partial charge in [-0.15, -0.1) is 0 Å². The van der Waals surface area contributed by atoms with Crippen molar-refractivity contribution in [3.63, 3.8) is 0 Å². The Morgan fingerprint density at radius 3 is 2.62 bits per heavy atom. The van der Waals surface area contributed by atoms with E-state index in [1.807, 2.05) is 29.2 Å². The number of carbonyl (C=O) groups is 1. The van der Waals surface area contributed by atoms with Crippen LogP contribution in [0.1, 0.15) is 56.0 Å². The molecule has 0 aliphatic rings. The number of carbonyl (C=O) groups excluding carboxylic acids is 1. The molecule has 1 rings (SSSR count). The first-order valence-electron chi connectivity index (χ1n) is 7.70. The highest BCUT2D eigenvalue weighted by Gasteiger charge is 2.20. The number of nitrogens with zero attached hydrogens (tertiary/aromatic N) is 1. The Labute approximate surface area is 128 Å². The molecule has 3 heteroatoms. The number of benzene rings is 1. The molecule has 0 aliphatic heterocycles. The smallest absolute Gasteiger partial charge is 0.255 e. The summed E-state index contributed by atoms with van der Waals surface area (Å²) in [7, 11) is 0. The van der Waals surface area contributed by atoms with Crippen molar-refractivity contribution in [3.05, 3.63) is 35.4 Å². The summed E-state index contributed by atoms with van der Waals surface area (Å²) in [6.45, 7) is 7.37. The predicted octanol–water partition coefficient (Wildman–Crippen LogP) is 3.04. The molecule has 1 aromatic rings. The molecule has 0 aliphatic carbocycles. The third-order valence-corrected chi connectivity index (χ3v) is 3.37. The molecule has 1 amide bonds. The van der Waals surface area contributed by atoms with Crippen LogP contribution in [0.3, 0.4) is 0 Å². The molecule has 0 unspecified atom stereocenters. The lowest BCUT2D eigenvalue weighted by atomic mass is 10.1. The largest absolute Gasteiger partial charge is 0.336 e. The van der Waals surface area contributed by atoms with Crippen molar-refractivity contribution in [1.82, 2.24) is 4.90 Å². The Bertz CT molecular complexity index is 511. The molecule has 0 saturated carbocycles. The minimum absolute atomic E-state index is 0.0584. The molecule has 3 nitrogen and oxygen atoms in total. The number of amides is 1. The van der Waals surface area contributed by atoms with Crippen molar-refractivity contribution in [3.8, 4) is 11.8 Å². The maximum atomic E-state index is 12.8. The van der Waals surface area contributed by atoms with Crippen molar-refractivity contribution >= 4 is 5.91 Å². The average molecular weight is 286 g/mol. The van der Waals surface area contributed by atoms with E-state index in [2.05, 4.69) is 32.6 Å². The lowest BCUT2D eigenvalue weighted by Gasteiger charge is -2.27. The monoisotopic (exact) mass is 286 g/mol. The van der Waals surface area contributed by atoms with E-state index in [1.165, 1.54) is 0 Å². The van der Waals surface area contributed by atoms with Crippen molar-refractivity contribution in [2.45, 2.75) is 46.1 Å². The van der Waals surface area contributed by atoms with E-state index in [0.29, 0.717) is 12.1 Å². The maximum absolute atomic E-state index is 12.8.